The van der Waals surface area contributed by atoms with Crippen molar-refractivity contribution in [1.82, 2.24) is 47.0 Å². The van der Waals surface area contributed by atoms with Gasteiger partial charge in [0.1, 0.15) is 0 Å². The number of hydrogen-bond donors (Lipinski definition) is 1. The molecule has 0 spiro atoms. The number of sulfonamides is 4. The molecule has 4 aromatic carbocycles. The first-order valence-corrected chi connectivity index (χ1v) is 40.2. The second-order valence-corrected chi connectivity index (χ2v) is 33.7. The van der Waals surface area contributed by atoms with Crippen LogP contribution < -0.4 is 5.32 Å². The molecule has 4 fully saturated rings. The lowest BCUT2D eigenvalue weighted by Gasteiger charge is -2.33. The second-order valence-electron chi connectivity index (χ2n) is 25.3. The molecule has 8 rings (SSSR count). The molecular weight excluding hydrogens is 1240 g/mol. The topological polar surface area (TPSA) is 187 Å². The summed E-state index contributed by atoms with van der Waals surface area (Å²) in [5, 5.41) is 3.26. The van der Waals surface area contributed by atoms with E-state index in [9.17, 15) is 33.7 Å². The van der Waals surface area contributed by atoms with E-state index in [-0.39, 0.29) is 0 Å². The van der Waals surface area contributed by atoms with Crippen molar-refractivity contribution in [3.05, 3.63) is 144 Å². The summed E-state index contributed by atoms with van der Waals surface area (Å²) in [6, 6.07) is 42.1. The Hall–Kier alpha value is -3.76. The average molecular weight is 1370 g/mol. The van der Waals surface area contributed by atoms with Crippen molar-refractivity contribution in [3.63, 3.8) is 0 Å². The Balaban J connectivity index is 0.000000530. The first-order valence-electron chi connectivity index (χ1n) is 32.8. The van der Waals surface area contributed by atoms with Crippen LogP contribution in [-0.2, 0) is 44.8 Å². The maximum Gasteiger partial charge on any atom is 0.210 e. The summed E-state index contributed by atoms with van der Waals surface area (Å²) in [4.78, 5) is 11.4. The molecule has 4 aliphatic heterocycles. The Morgan fingerprint density at radius 3 is 0.815 bits per heavy atom. The molecule has 4 saturated heterocycles. The van der Waals surface area contributed by atoms with Crippen molar-refractivity contribution in [2.24, 2.45) is 0 Å². The highest BCUT2D eigenvalue weighted by Crippen LogP contribution is 2.15. The third-order valence-electron chi connectivity index (χ3n) is 16.2. The Kier molecular flexibility index (Phi) is 44.3. The first-order chi connectivity index (χ1) is 43.1. The molecule has 4 heterocycles. The maximum absolute atomic E-state index is 11.2. The number of piperazine rings is 2. The van der Waals surface area contributed by atoms with Gasteiger partial charge in [-0.15, -0.1) is 0 Å². The quantitative estimate of drug-likeness (QED) is 0.0889. The number of ether oxygens (including phenoxy) is 1. The van der Waals surface area contributed by atoms with Crippen LogP contribution in [-0.4, -0.2) is 280 Å². The van der Waals surface area contributed by atoms with Crippen LogP contribution in [0.5, 0.6) is 0 Å². The third kappa shape index (κ3) is 42.6. The molecule has 4 aliphatic rings. The van der Waals surface area contributed by atoms with Crippen LogP contribution in [0.4, 0.5) is 0 Å². The number of rotatable bonds is 20. The van der Waals surface area contributed by atoms with Gasteiger partial charge in [0.25, 0.3) is 0 Å². The number of nitrogens with one attached hydrogen (secondary N) is 1. The second kappa shape index (κ2) is 47.2. The molecule has 4 aromatic rings. The summed E-state index contributed by atoms with van der Waals surface area (Å²) in [7, 11) is -3.45. The Morgan fingerprint density at radius 2 is 0.587 bits per heavy atom. The fourth-order valence-electron chi connectivity index (χ4n) is 8.98. The van der Waals surface area contributed by atoms with Crippen molar-refractivity contribution < 1.29 is 38.4 Å². The zero-order valence-electron chi connectivity index (χ0n) is 59.7. The van der Waals surface area contributed by atoms with E-state index in [1.165, 1.54) is 77.3 Å². The van der Waals surface area contributed by atoms with Gasteiger partial charge in [-0.05, 0) is 78.9 Å². The molecule has 0 bridgehead atoms. The summed E-state index contributed by atoms with van der Waals surface area (Å²) in [6.45, 7) is 37.1. The zero-order valence-corrected chi connectivity index (χ0v) is 62.9. The molecule has 0 aromatic heterocycles. The normalized spacial score (nSPS) is 16.4. The minimum Gasteiger partial charge on any atom is -0.379 e. The van der Waals surface area contributed by atoms with E-state index in [0.717, 1.165) is 118 Å². The molecule has 0 amide bonds. The van der Waals surface area contributed by atoms with Crippen LogP contribution in [0.1, 0.15) is 114 Å². The molecule has 0 saturated carbocycles. The van der Waals surface area contributed by atoms with Gasteiger partial charge in [-0.3, -0.25) is 14.7 Å². The van der Waals surface area contributed by atoms with Crippen molar-refractivity contribution in [2.75, 3.05) is 204 Å². The van der Waals surface area contributed by atoms with E-state index in [2.05, 4.69) is 189 Å². The van der Waals surface area contributed by atoms with Crippen LogP contribution >= 0.6 is 0 Å². The lowest BCUT2D eigenvalue weighted by Crippen LogP contribution is -2.47. The van der Waals surface area contributed by atoms with Gasteiger partial charge in [-0.25, -0.2) is 50.9 Å². The van der Waals surface area contributed by atoms with E-state index in [1.807, 2.05) is 24.3 Å². The van der Waals surface area contributed by atoms with Crippen LogP contribution in [0.15, 0.2) is 121 Å². The van der Waals surface area contributed by atoms with Crippen molar-refractivity contribution in [2.45, 2.75) is 91.9 Å². The van der Waals surface area contributed by atoms with Gasteiger partial charge >= 0.3 is 0 Å². The Labute approximate surface area is 562 Å². The molecule has 0 atom stereocenters. The minimum absolute atomic E-state index is 0.554. The predicted octanol–water partition coefficient (Wildman–Crippen LogP) is 8.33. The standard InChI is InChI=1S/C9H21N3O2S.4C9H12.C8H19N3O2S.C8H18N2O3S.C8H18N2O2S/c1-10-4-7-12(8-5-10)9-6-11(2)15(3,13)14;4*1-8(2)9-6-4-3-5-7-9;1-10(14(2,12)13)7-8-11-5-3-9-4-6-11;1-9(14(2,11)12)3-4-10-5-7-13-8-6-10;1-9(13(2,11)12)7-8-10-5-3-4-6-10/h4-9H2,1-3H3;4*3-8H,1-2H3;9H,3-8H2,1-2H3;3-8H2,1-2H3;3-8H2,1-2H3. The van der Waals surface area contributed by atoms with Crippen LogP contribution in [0.25, 0.3) is 0 Å². The van der Waals surface area contributed by atoms with E-state index >= 15 is 0 Å². The highest BCUT2D eigenvalue weighted by atomic mass is 32.2. The number of likely N-dealkylation sites (N-methyl/N-ethyl adjacent to an activating group) is 5. The SMILES string of the molecule is CC(C)c1ccccc1.CC(C)c1ccccc1.CC(C)c1ccccc1.CC(C)c1ccccc1.CN(CCN1CCCC1)S(C)(=O)=O.CN(CCN1CCNCC1)S(C)(=O)=O.CN(CCN1CCOCC1)S(C)(=O)=O.CN1CCN(CCN(C)S(C)(=O)=O)CC1. The van der Waals surface area contributed by atoms with Gasteiger partial charge in [-0.1, -0.05) is 177 Å². The highest BCUT2D eigenvalue weighted by molar-refractivity contribution is 7.89. The van der Waals surface area contributed by atoms with Crippen molar-refractivity contribution in [1.29, 1.82) is 0 Å². The van der Waals surface area contributed by atoms with Gasteiger partial charge in [0, 0.05) is 146 Å². The van der Waals surface area contributed by atoms with Gasteiger partial charge < -0.3 is 19.9 Å². The average Bonchev–Trinajstić information content (AvgIpc) is 2.28. The van der Waals surface area contributed by atoms with Crippen LogP contribution in [0.3, 0.4) is 0 Å². The van der Waals surface area contributed by atoms with Gasteiger partial charge in [0.15, 0.2) is 0 Å². The summed E-state index contributed by atoms with van der Waals surface area (Å²) in [6.07, 6.45) is 7.47. The molecule has 19 nitrogen and oxygen atoms in total. The number of morpholine rings is 1. The highest BCUT2D eigenvalue weighted by Gasteiger charge is 2.19. The van der Waals surface area contributed by atoms with Gasteiger partial charge in [0.2, 0.25) is 40.1 Å². The molecule has 0 radical (unpaired) electrons. The molecule has 528 valence electrons. The predicted molar refractivity (Wildman–Crippen MR) is 388 cm³/mol. The first kappa shape index (κ1) is 86.3. The number of benzene rings is 4. The molecule has 0 unspecified atom stereocenters. The number of nitrogens with zero attached hydrogens (tertiary/aromatic N) is 9. The fourth-order valence-corrected chi connectivity index (χ4v) is 10.6. The zero-order chi connectivity index (χ0) is 69.3. The van der Waals surface area contributed by atoms with E-state index in [4.69, 9.17) is 4.74 Å². The Bertz CT molecular complexity index is 2680. The third-order valence-corrected chi connectivity index (χ3v) is 21.4. The number of likely N-dealkylation sites (tertiary alicyclic amines) is 1. The van der Waals surface area contributed by atoms with Crippen molar-refractivity contribution in [3.8, 4) is 0 Å². The molecular formula is C69H124N10O9S4. The van der Waals surface area contributed by atoms with Gasteiger partial charge in [-0.2, -0.15) is 0 Å². The largest absolute Gasteiger partial charge is 0.379 e. The Morgan fingerprint density at radius 1 is 0.359 bits per heavy atom. The molecule has 1 N–H and O–H groups in total. The summed E-state index contributed by atoms with van der Waals surface area (Å²) in [5.41, 5.74) is 5.66. The minimum atomic E-state index is -3.03. The van der Waals surface area contributed by atoms with Crippen LogP contribution in [0, 0.1) is 0 Å². The summed E-state index contributed by atoms with van der Waals surface area (Å²) in [5.74, 6) is 2.63. The van der Waals surface area contributed by atoms with E-state index in [0.29, 0.717) is 49.9 Å². The lowest BCUT2D eigenvalue weighted by atomic mass is 10.0. The van der Waals surface area contributed by atoms with Crippen molar-refractivity contribution >= 4 is 40.1 Å². The molecule has 0 aliphatic carbocycles. The molecule has 23 heteroatoms. The number of hydrogen-bond acceptors (Lipinski definition) is 15. The smallest absolute Gasteiger partial charge is 0.210 e. The summed E-state index contributed by atoms with van der Waals surface area (Å²) < 4.78 is 99.6. The van der Waals surface area contributed by atoms with E-state index in [1.54, 1.807) is 28.2 Å². The van der Waals surface area contributed by atoms with Gasteiger partial charge in [0.05, 0.1) is 38.2 Å². The fraction of sp³-hybridized carbons (Fsp3) is 0.652. The van der Waals surface area contributed by atoms with E-state index < -0.39 is 40.1 Å². The maximum atomic E-state index is 11.2. The van der Waals surface area contributed by atoms with Crippen LogP contribution in [0.2, 0.25) is 0 Å². The monoisotopic (exact) mass is 1360 g/mol. The molecule has 92 heavy (non-hydrogen) atoms. The summed E-state index contributed by atoms with van der Waals surface area (Å²) >= 11 is 0. The lowest BCUT2D eigenvalue weighted by molar-refractivity contribution is 0.0368.